The highest BCUT2D eigenvalue weighted by Gasteiger charge is 2.26. The maximum atomic E-state index is 13.2. The van der Waals surface area contributed by atoms with Gasteiger partial charge >= 0.3 is 0 Å². The number of carbonyl (C=O) groups is 1. The topological polar surface area (TPSA) is 97.4 Å². The molecule has 0 radical (unpaired) electrons. The van der Waals surface area contributed by atoms with Crippen LogP contribution in [0.5, 0.6) is 0 Å². The molecule has 1 atom stereocenters. The number of halogens is 1. The number of sulfone groups is 1. The molecule has 0 aromatic heterocycles. The molecule has 0 saturated carbocycles. The second kappa shape index (κ2) is 8.99. The third kappa shape index (κ3) is 5.77. The molecular weight excluding hydrogens is 441 g/mol. The Morgan fingerprint density at radius 1 is 0.839 bits per heavy atom. The molecule has 1 amide bonds. The molecule has 3 aromatic rings. The third-order valence-corrected chi connectivity index (χ3v) is 7.16. The lowest BCUT2D eigenvalue weighted by atomic mass is 9.91. The average Bonchev–Trinajstić information content (AvgIpc) is 2.73. The molecule has 31 heavy (non-hydrogen) atoms. The fourth-order valence-electron chi connectivity index (χ4n) is 3.03. The maximum Gasteiger partial charge on any atom is 0.264 e. The van der Waals surface area contributed by atoms with E-state index in [0.717, 1.165) is 18.4 Å². The molecule has 162 valence electrons. The van der Waals surface area contributed by atoms with Crippen molar-refractivity contribution in [2.75, 3.05) is 6.26 Å². The summed E-state index contributed by atoms with van der Waals surface area (Å²) in [6.45, 7) is 0. The number of amides is 1. The van der Waals surface area contributed by atoms with Gasteiger partial charge in [-0.3, -0.25) is 4.79 Å². The van der Waals surface area contributed by atoms with E-state index in [9.17, 15) is 26.0 Å². The van der Waals surface area contributed by atoms with Crippen LogP contribution < -0.4 is 4.72 Å². The van der Waals surface area contributed by atoms with Crippen LogP contribution in [0.3, 0.4) is 0 Å². The number of hydrogen-bond donors (Lipinski definition) is 1. The summed E-state index contributed by atoms with van der Waals surface area (Å²) in [7, 11) is -7.71. The minimum Gasteiger partial charge on any atom is -0.273 e. The summed E-state index contributed by atoms with van der Waals surface area (Å²) in [6, 6.07) is 18.9. The summed E-state index contributed by atoms with van der Waals surface area (Å²) in [5.41, 5.74) is 1.27. The van der Waals surface area contributed by atoms with E-state index < -0.39 is 37.5 Å². The number of rotatable bonds is 7. The van der Waals surface area contributed by atoms with Crippen molar-refractivity contribution in [3.8, 4) is 0 Å². The van der Waals surface area contributed by atoms with Crippen molar-refractivity contribution >= 4 is 25.8 Å². The van der Waals surface area contributed by atoms with Gasteiger partial charge in [0.1, 0.15) is 5.82 Å². The van der Waals surface area contributed by atoms with Crippen LogP contribution in [0.25, 0.3) is 0 Å². The second-order valence-corrected chi connectivity index (χ2v) is 10.7. The first-order valence-corrected chi connectivity index (χ1v) is 12.6. The molecule has 0 heterocycles. The SMILES string of the molecule is CS(=O)(=O)c1ccc(S(=O)(=O)NC(=O)[C@@H](Cc2ccc(F)cc2)c2ccccc2)cc1. The molecule has 0 bridgehead atoms. The van der Waals surface area contributed by atoms with Gasteiger partial charge in [0.15, 0.2) is 9.84 Å². The third-order valence-electron chi connectivity index (χ3n) is 4.67. The standard InChI is InChI=1S/C22H20FNO5S2/c1-30(26,27)19-11-13-20(14-12-19)31(28,29)24-22(25)21(17-5-3-2-4-6-17)15-16-7-9-18(23)10-8-16/h2-14,21H,15H2,1H3,(H,24,25)/t21-/m0/s1. The zero-order valence-electron chi connectivity index (χ0n) is 16.5. The van der Waals surface area contributed by atoms with Crippen LogP contribution in [-0.4, -0.2) is 29.0 Å². The predicted molar refractivity (Wildman–Crippen MR) is 114 cm³/mol. The molecule has 0 aliphatic rings. The van der Waals surface area contributed by atoms with Crippen molar-refractivity contribution in [2.45, 2.75) is 22.1 Å². The number of benzene rings is 3. The fourth-order valence-corrected chi connectivity index (χ4v) is 4.68. The maximum absolute atomic E-state index is 13.2. The van der Waals surface area contributed by atoms with Gasteiger partial charge in [-0.15, -0.1) is 0 Å². The zero-order valence-corrected chi connectivity index (χ0v) is 18.2. The average molecular weight is 462 g/mol. The van der Waals surface area contributed by atoms with E-state index in [1.165, 1.54) is 36.4 Å². The number of nitrogens with one attached hydrogen (secondary N) is 1. The first kappa shape index (κ1) is 22.6. The van der Waals surface area contributed by atoms with E-state index in [0.29, 0.717) is 11.1 Å². The van der Waals surface area contributed by atoms with Crippen LogP contribution in [0.1, 0.15) is 17.0 Å². The van der Waals surface area contributed by atoms with Gasteiger partial charge in [-0.05, 0) is 53.9 Å². The lowest BCUT2D eigenvalue weighted by Crippen LogP contribution is -2.35. The molecule has 0 aliphatic carbocycles. The summed E-state index contributed by atoms with van der Waals surface area (Å²) < 4.78 is 63.8. The Hall–Kier alpha value is -3.04. The van der Waals surface area contributed by atoms with Crippen molar-refractivity contribution in [2.24, 2.45) is 0 Å². The van der Waals surface area contributed by atoms with E-state index in [1.54, 1.807) is 30.3 Å². The predicted octanol–water partition coefficient (Wildman–Crippen LogP) is 3.06. The smallest absolute Gasteiger partial charge is 0.264 e. The Labute approximate surface area is 180 Å². The molecule has 0 spiro atoms. The highest BCUT2D eigenvalue weighted by atomic mass is 32.2. The van der Waals surface area contributed by atoms with Gasteiger partial charge < -0.3 is 0 Å². The Kier molecular flexibility index (Phi) is 6.56. The minimum atomic E-state index is -4.23. The molecule has 3 rings (SSSR count). The van der Waals surface area contributed by atoms with Crippen molar-refractivity contribution in [1.29, 1.82) is 0 Å². The number of sulfonamides is 1. The summed E-state index contributed by atoms with van der Waals surface area (Å²) >= 11 is 0. The molecular formula is C22H20FNO5S2. The molecule has 0 unspecified atom stereocenters. The zero-order chi connectivity index (χ0) is 22.6. The molecule has 0 fully saturated rings. The van der Waals surface area contributed by atoms with Crippen molar-refractivity contribution in [3.05, 3.63) is 95.8 Å². The second-order valence-electron chi connectivity index (χ2n) is 7.01. The van der Waals surface area contributed by atoms with Crippen molar-refractivity contribution in [1.82, 2.24) is 4.72 Å². The lowest BCUT2D eigenvalue weighted by molar-refractivity contribution is -0.120. The van der Waals surface area contributed by atoms with E-state index >= 15 is 0 Å². The van der Waals surface area contributed by atoms with Crippen LogP contribution in [0.4, 0.5) is 4.39 Å². The van der Waals surface area contributed by atoms with Crippen LogP contribution in [0.15, 0.2) is 88.7 Å². The van der Waals surface area contributed by atoms with Gasteiger partial charge in [-0.25, -0.2) is 25.9 Å². The van der Waals surface area contributed by atoms with Crippen molar-refractivity contribution < 1.29 is 26.0 Å². The van der Waals surface area contributed by atoms with Crippen LogP contribution >= 0.6 is 0 Å². The minimum absolute atomic E-state index is 0.0313. The summed E-state index contributed by atoms with van der Waals surface area (Å²) in [5, 5.41) is 0. The van der Waals surface area contributed by atoms with Gasteiger partial charge in [0, 0.05) is 6.26 Å². The first-order valence-electron chi connectivity index (χ1n) is 9.22. The van der Waals surface area contributed by atoms with E-state index in [-0.39, 0.29) is 16.2 Å². The Morgan fingerprint density at radius 2 is 1.39 bits per heavy atom. The monoisotopic (exact) mass is 461 g/mol. The fraction of sp³-hybridized carbons (Fsp3) is 0.136. The van der Waals surface area contributed by atoms with E-state index in [2.05, 4.69) is 4.72 Å². The summed E-state index contributed by atoms with van der Waals surface area (Å²) in [6.07, 6.45) is 1.18. The first-order chi connectivity index (χ1) is 14.6. The molecule has 9 heteroatoms. The lowest BCUT2D eigenvalue weighted by Gasteiger charge is -2.18. The largest absolute Gasteiger partial charge is 0.273 e. The highest BCUT2D eigenvalue weighted by molar-refractivity contribution is 7.91. The summed E-state index contributed by atoms with van der Waals surface area (Å²) in [5.74, 6) is -2.00. The van der Waals surface area contributed by atoms with E-state index in [1.807, 2.05) is 0 Å². The van der Waals surface area contributed by atoms with E-state index in [4.69, 9.17) is 0 Å². The number of carbonyl (C=O) groups excluding carboxylic acids is 1. The number of hydrogen-bond acceptors (Lipinski definition) is 5. The van der Waals surface area contributed by atoms with Crippen LogP contribution in [-0.2, 0) is 31.1 Å². The Morgan fingerprint density at radius 3 is 1.94 bits per heavy atom. The van der Waals surface area contributed by atoms with Gasteiger partial charge in [-0.2, -0.15) is 0 Å². The molecule has 1 N–H and O–H groups in total. The molecule has 0 aliphatic heterocycles. The molecule has 0 saturated heterocycles. The summed E-state index contributed by atoms with van der Waals surface area (Å²) in [4.78, 5) is 12.7. The van der Waals surface area contributed by atoms with Gasteiger partial charge in [-0.1, -0.05) is 42.5 Å². The highest BCUT2D eigenvalue weighted by Crippen LogP contribution is 2.23. The van der Waals surface area contributed by atoms with Crippen LogP contribution in [0, 0.1) is 5.82 Å². The molecule has 6 nitrogen and oxygen atoms in total. The van der Waals surface area contributed by atoms with Crippen LogP contribution in [0.2, 0.25) is 0 Å². The Balaban J connectivity index is 1.87. The van der Waals surface area contributed by atoms with Gasteiger partial charge in [0.2, 0.25) is 5.91 Å². The molecule has 3 aromatic carbocycles. The van der Waals surface area contributed by atoms with Gasteiger partial charge in [0.05, 0.1) is 15.7 Å². The normalized spacial score (nSPS) is 12.8. The van der Waals surface area contributed by atoms with Crippen molar-refractivity contribution in [3.63, 3.8) is 0 Å². The van der Waals surface area contributed by atoms with Gasteiger partial charge in [0.25, 0.3) is 10.0 Å². The quantitative estimate of drug-likeness (QED) is 0.583. The Bertz CT molecular complexity index is 1270.